The highest BCUT2D eigenvalue weighted by Crippen LogP contribution is 2.24. The fourth-order valence-electron chi connectivity index (χ4n) is 2.66. The summed E-state index contributed by atoms with van der Waals surface area (Å²) < 4.78 is 0. The number of nitrogens with one attached hydrogen (secondary N) is 2. The van der Waals surface area contributed by atoms with Crippen LogP contribution in [0.25, 0.3) is 0 Å². The SMILES string of the molecule is CN1C(=O)c2ccc(C(=O)Nc3ccc(NC(=O)C(C)(C)C)cc3)cc2C1=O. The third-order valence-corrected chi connectivity index (χ3v) is 4.43. The van der Waals surface area contributed by atoms with Gasteiger partial charge >= 0.3 is 0 Å². The maximum atomic E-state index is 12.5. The lowest BCUT2D eigenvalue weighted by molar-refractivity contribution is -0.123. The molecule has 0 unspecified atom stereocenters. The number of amides is 4. The predicted molar refractivity (Wildman–Crippen MR) is 105 cm³/mol. The summed E-state index contributed by atoms with van der Waals surface area (Å²) in [5, 5.41) is 5.55. The summed E-state index contributed by atoms with van der Waals surface area (Å²) >= 11 is 0. The number of imide groups is 1. The second-order valence-corrected chi connectivity index (χ2v) is 7.67. The van der Waals surface area contributed by atoms with Crippen molar-refractivity contribution in [1.82, 2.24) is 4.90 Å². The van der Waals surface area contributed by atoms with E-state index in [1.165, 1.54) is 25.2 Å². The Morgan fingerprint density at radius 2 is 1.36 bits per heavy atom. The fraction of sp³-hybridized carbons (Fsp3) is 0.238. The van der Waals surface area contributed by atoms with Crippen LogP contribution in [0.5, 0.6) is 0 Å². The molecular weight excluding hydrogens is 358 g/mol. The molecule has 0 aromatic heterocycles. The van der Waals surface area contributed by atoms with Gasteiger partial charge in [0.1, 0.15) is 0 Å². The van der Waals surface area contributed by atoms with E-state index in [1.54, 1.807) is 24.3 Å². The van der Waals surface area contributed by atoms with E-state index >= 15 is 0 Å². The molecule has 0 saturated carbocycles. The first-order chi connectivity index (χ1) is 13.1. The number of benzene rings is 2. The Hall–Kier alpha value is -3.48. The Kier molecular flexibility index (Phi) is 4.77. The van der Waals surface area contributed by atoms with E-state index in [4.69, 9.17) is 0 Å². The quantitative estimate of drug-likeness (QED) is 0.801. The first-order valence-corrected chi connectivity index (χ1v) is 8.77. The van der Waals surface area contributed by atoms with Crippen molar-refractivity contribution >= 4 is 35.0 Å². The van der Waals surface area contributed by atoms with Gasteiger partial charge in [0.25, 0.3) is 17.7 Å². The fourth-order valence-corrected chi connectivity index (χ4v) is 2.66. The van der Waals surface area contributed by atoms with Gasteiger partial charge in [-0.05, 0) is 42.5 Å². The van der Waals surface area contributed by atoms with Crippen LogP contribution in [0.2, 0.25) is 0 Å². The smallest absolute Gasteiger partial charge is 0.261 e. The van der Waals surface area contributed by atoms with E-state index < -0.39 is 17.2 Å². The van der Waals surface area contributed by atoms with Gasteiger partial charge in [-0.15, -0.1) is 0 Å². The Bertz CT molecular complexity index is 988. The first-order valence-electron chi connectivity index (χ1n) is 8.77. The summed E-state index contributed by atoms with van der Waals surface area (Å²) in [6, 6.07) is 11.2. The van der Waals surface area contributed by atoms with Crippen molar-refractivity contribution in [2.45, 2.75) is 20.8 Å². The Labute approximate surface area is 162 Å². The van der Waals surface area contributed by atoms with Crippen LogP contribution in [0.1, 0.15) is 51.8 Å². The summed E-state index contributed by atoms with van der Waals surface area (Å²) in [7, 11) is 1.41. The summed E-state index contributed by atoms with van der Waals surface area (Å²) in [4.78, 5) is 49.5. The van der Waals surface area contributed by atoms with Gasteiger partial charge in [0.15, 0.2) is 0 Å². The largest absolute Gasteiger partial charge is 0.326 e. The molecule has 2 N–H and O–H groups in total. The van der Waals surface area contributed by atoms with Crippen molar-refractivity contribution in [2.75, 3.05) is 17.7 Å². The van der Waals surface area contributed by atoms with Crippen LogP contribution in [-0.4, -0.2) is 35.6 Å². The van der Waals surface area contributed by atoms with Crippen molar-refractivity contribution in [3.63, 3.8) is 0 Å². The average molecular weight is 379 g/mol. The predicted octanol–water partition coefficient (Wildman–Crippen LogP) is 3.15. The lowest BCUT2D eigenvalue weighted by Crippen LogP contribution is -2.27. The lowest BCUT2D eigenvalue weighted by atomic mass is 9.95. The van der Waals surface area contributed by atoms with Gasteiger partial charge in [0.05, 0.1) is 11.1 Å². The normalized spacial score (nSPS) is 13.4. The number of carbonyl (C=O) groups is 4. The highest BCUT2D eigenvalue weighted by atomic mass is 16.2. The number of hydrogen-bond acceptors (Lipinski definition) is 4. The van der Waals surface area contributed by atoms with Crippen LogP contribution in [0.3, 0.4) is 0 Å². The van der Waals surface area contributed by atoms with E-state index in [0.717, 1.165) is 4.90 Å². The molecule has 7 nitrogen and oxygen atoms in total. The van der Waals surface area contributed by atoms with Gasteiger partial charge in [0.2, 0.25) is 5.91 Å². The molecule has 0 atom stereocenters. The molecule has 0 aliphatic carbocycles. The summed E-state index contributed by atoms with van der Waals surface area (Å²) in [5.41, 5.74) is 1.46. The van der Waals surface area contributed by atoms with Crippen LogP contribution in [0.15, 0.2) is 42.5 Å². The van der Waals surface area contributed by atoms with Gasteiger partial charge < -0.3 is 10.6 Å². The molecule has 2 aromatic carbocycles. The van der Waals surface area contributed by atoms with E-state index in [9.17, 15) is 19.2 Å². The highest BCUT2D eigenvalue weighted by molar-refractivity contribution is 6.22. The van der Waals surface area contributed by atoms with Gasteiger partial charge in [-0.1, -0.05) is 20.8 Å². The van der Waals surface area contributed by atoms with Gasteiger partial charge in [-0.25, -0.2) is 0 Å². The van der Waals surface area contributed by atoms with Gasteiger partial charge in [-0.3, -0.25) is 24.1 Å². The maximum absolute atomic E-state index is 12.5. The number of rotatable bonds is 3. The zero-order valence-corrected chi connectivity index (χ0v) is 16.1. The van der Waals surface area contributed by atoms with Crippen molar-refractivity contribution in [2.24, 2.45) is 5.41 Å². The molecule has 7 heteroatoms. The lowest BCUT2D eigenvalue weighted by Gasteiger charge is -2.17. The molecule has 0 saturated heterocycles. The second kappa shape index (κ2) is 6.92. The maximum Gasteiger partial charge on any atom is 0.261 e. The number of hydrogen-bond donors (Lipinski definition) is 2. The topological polar surface area (TPSA) is 95.6 Å². The van der Waals surface area contributed by atoms with Crippen LogP contribution in [-0.2, 0) is 4.79 Å². The molecule has 0 bridgehead atoms. The van der Waals surface area contributed by atoms with Crippen molar-refractivity contribution in [1.29, 1.82) is 0 Å². The van der Waals surface area contributed by atoms with Crippen molar-refractivity contribution < 1.29 is 19.2 Å². The monoisotopic (exact) mass is 379 g/mol. The summed E-state index contributed by atoms with van der Waals surface area (Å²) in [6.07, 6.45) is 0. The minimum atomic E-state index is -0.507. The number of fused-ring (bicyclic) bond motifs is 1. The van der Waals surface area contributed by atoms with Crippen LogP contribution in [0.4, 0.5) is 11.4 Å². The third kappa shape index (κ3) is 3.64. The second-order valence-electron chi connectivity index (χ2n) is 7.67. The minimum Gasteiger partial charge on any atom is -0.326 e. The third-order valence-electron chi connectivity index (χ3n) is 4.43. The number of carbonyl (C=O) groups excluding carboxylic acids is 4. The van der Waals surface area contributed by atoms with E-state index in [1.807, 2.05) is 20.8 Å². The molecule has 3 rings (SSSR count). The molecule has 1 aliphatic rings. The molecule has 0 radical (unpaired) electrons. The summed E-state index contributed by atoms with van der Waals surface area (Å²) in [6.45, 7) is 5.47. The molecule has 1 heterocycles. The van der Waals surface area contributed by atoms with Crippen LogP contribution < -0.4 is 10.6 Å². The van der Waals surface area contributed by atoms with E-state index in [-0.39, 0.29) is 22.9 Å². The zero-order valence-electron chi connectivity index (χ0n) is 16.1. The van der Waals surface area contributed by atoms with Crippen molar-refractivity contribution in [3.8, 4) is 0 Å². The molecular formula is C21H21N3O4. The molecule has 28 heavy (non-hydrogen) atoms. The van der Waals surface area contributed by atoms with Crippen LogP contribution in [0, 0.1) is 5.41 Å². The average Bonchev–Trinajstić information content (AvgIpc) is 2.86. The van der Waals surface area contributed by atoms with Gasteiger partial charge in [-0.2, -0.15) is 0 Å². The molecule has 144 valence electrons. The van der Waals surface area contributed by atoms with Crippen molar-refractivity contribution in [3.05, 3.63) is 59.2 Å². The zero-order chi connectivity index (χ0) is 20.6. The standard InChI is InChI=1S/C21H21N3O4/c1-21(2,3)20(28)23-14-8-6-13(7-9-14)22-17(25)12-5-10-15-16(11-12)19(27)24(4)18(15)26/h5-11H,1-4H3,(H,22,25)(H,23,28). The summed E-state index contributed by atoms with van der Waals surface area (Å²) in [5.74, 6) is -1.30. The molecule has 0 fully saturated rings. The number of nitrogens with zero attached hydrogens (tertiary/aromatic N) is 1. The highest BCUT2D eigenvalue weighted by Gasteiger charge is 2.33. The van der Waals surface area contributed by atoms with Crippen LogP contribution >= 0.6 is 0 Å². The molecule has 2 aromatic rings. The van der Waals surface area contributed by atoms with E-state index in [2.05, 4.69) is 10.6 Å². The minimum absolute atomic E-state index is 0.105. The van der Waals surface area contributed by atoms with Gasteiger partial charge in [0, 0.05) is 29.4 Å². The van der Waals surface area contributed by atoms with E-state index in [0.29, 0.717) is 16.9 Å². The Morgan fingerprint density at radius 1 is 0.821 bits per heavy atom. The first kappa shape index (κ1) is 19.3. The molecule has 1 aliphatic heterocycles. The Morgan fingerprint density at radius 3 is 1.93 bits per heavy atom. The Balaban J connectivity index is 1.71. The molecule has 4 amide bonds. The number of anilines is 2. The molecule has 0 spiro atoms.